The molecular formula is C18H20O4. The Balaban J connectivity index is 2.14. The van der Waals surface area contributed by atoms with Gasteiger partial charge in [-0.15, -0.1) is 0 Å². The van der Waals surface area contributed by atoms with Gasteiger partial charge in [0.05, 0.1) is 18.8 Å². The first-order valence-electron chi connectivity index (χ1n) is 7.35. The van der Waals surface area contributed by atoms with Crippen LogP contribution in [0.2, 0.25) is 0 Å². The van der Waals surface area contributed by atoms with Gasteiger partial charge >= 0.3 is 5.97 Å². The summed E-state index contributed by atoms with van der Waals surface area (Å²) in [4.78, 5) is 11.8. The molecule has 0 saturated carbocycles. The summed E-state index contributed by atoms with van der Waals surface area (Å²) in [6, 6.07) is 14.9. The van der Waals surface area contributed by atoms with Crippen molar-refractivity contribution >= 4 is 5.97 Å². The van der Waals surface area contributed by atoms with Gasteiger partial charge in [0.25, 0.3) is 0 Å². The van der Waals surface area contributed by atoms with E-state index in [0.29, 0.717) is 36.9 Å². The number of carbonyl (C=O) groups is 1. The van der Waals surface area contributed by atoms with E-state index in [2.05, 4.69) is 0 Å². The Morgan fingerprint density at radius 1 is 0.909 bits per heavy atom. The first-order valence-corrected chi connectivity index (χ1v) is 7.35. The fourth-order valence-electron chi connectivity index (χ4n) is 1.97. The second-order valence-corrected chi connectivity index (χ2v) is 4.59. The molecule has 2 rings (SSSR count). The van der Waals surface area contributed by atoms with Crippen LogP contribution < -0.4 is 9.47 Å². The van der Waals surface area contributed by atoms with E-state index in [1.807, 2.05) is 37.3 Å². The Morgan fingerprint density at radius 3 is 2.36 bits per heavy atom. The lowest BCUT2D eigenvalue weighted by Crippen LogP contribution is -2.06. The van der Waals surface area contributed by atoms with Crippen LogP contribution in [0.3, 0.4) is 0 Å². The summed E-state index contributed by atoms with van der Waals surface area (Å²) < 4.78 is 16.3. The fraction of sp³-hybridized carbons (Fsp3) is 0.278. The third-order valence-electron chi connectivity index (χ3n) is 2.99. The molecule has 2 aromatic rings. The maximum absolute atomic E-state index is 11.8. The highest BCUT2D eigenvalue weighted by atomic mass is 16.5. The van der Waals surface area contributed by atoms with Gasteiger partial charge in [-0.3, -0.25) is 0 Å². The first kappa shape index (κ1) is 15.9. The second-order valence-electron chi connectivity index (χ2n) is 4.59. The number of hydrogen-bond acceptors (Lipinski definition) is 4. The number of benzene rings is 2. The normalized spacial score (nSPS) is 10.1. The van der Waals surface area contributed by atoms with Crippen LogP contribution in [0.4, 0.5) is 0 Å². The lowest BCUT2D eigenvalue weighted by molar-refractivity contribution is 0.0525. The van der Waals surface area contributed by atoms with E-state index < -0.39 is 0 Å². The summed E-state index contributed by atoms with van der Waals surface area (Å²) in [6.07, 6.45) is 0. The van der Waals surface area contributed by atoms with Crippen molar-refractivity contribution in [3.05, 3.63) is 59.7 Å². The molecule has 0 aliphatic rings. The zero-order chi connectivity index (χ0) is 15.8. The fourth-order valence-corrected chi connectivity index (χ4v) is 1.97. The number of hydrogen-bond donors (Lipinski definition) is 0. The second kappa shape index (κ2) is 8.08. The summed E-state index contributed by atoms with van der Waals surface area (Å²) in [6.45, 7) is 4.94. The van der Waals surface area contributed by atoms with Crippen LogP contribution in [0.1, 0.15) is 29.8 Å². The number of ether oxygens (including phenoxy) is 3. The smallest absolute Gasteiger partial charge is 0.338 e. The number of carbonyl (C=O) groups excluding carboxylic acids is 1. The Bertz CT molecular complexity index is 608. The molecule has 0 spiro atoms. The molecule has 22 heavy (non-hydrogen) atoms. The van der Waals surface area contributed by atoms with Crippen LogP contribution in [0, 0.1) is 0 Å². The monoisotopic (exact) mass is 300 g/mol. The predicted octanol–water partition coefficient (Wildman–Crippen LogP) is 3.84. The quantitative estimate of drug-likeness (QED) is 0.729. The van der Waals surface area contributed by atoms with Gasteiger partial charge in [-0.1, -0.05) is 30.3 Å². The van der Waals surface area contributed by atoms with Crippen LogP contribution in [-0.2, 0) is 11.3 Å². The van der Waals surface area contributed by atoms with E-state index in [9.17, 15) is 4.79 Å². The molecule has 0 saturated heterocycles. The topological polar surface area (TPSA) is 44.8 Å². The molecule has 116 valence electrons. The van der Waals surface area contributed by atoms with Gasteiger partial charge < -0.3 is 14.2 Å². The molecule has 0 aliphatic carbocycles. The van der Waals surface area contributed by atoms with Crippen molar-refractivity contribution in [2.45, 2.75) is 20.5 Å². The van der Waals surface area contributed by atoms with Gasteiger partial charge in [0.2, 0.25) is 0 Å². The summed E-state index contributed by atoms with van der Waals surface area (Å²) in [7, 11) is 0. The van der Waals surface area contributed by atoms with E-state index in [1.165, 1.54) is 0 Å². The van der Waals surface area contributed by atoms with Gasteiger partial charge in [0, 0.05) is 0 Å². The molecule has 0 radical (unpaired) electrons. The van der Waals surface area contributed by atoms with Crippen molar-refractivity contribution in [1.29, 1.82) is 0 Å². The molecule has 0 aromatic heterocycles. The van der Waals surface area contributed by atoms with Crippen LogP contribution in [0.15, 0.2) is 48.5 Å². The van der Waals surface area contributed by atoms with Crippen LogP contribution in [0.5, 0.6) is 11.5 Å². The van der Waals surface area contributed by atoms with E-state index in [4.69, 9.17) is 14.2 Å². The molecule has 4 nitrogen and oxygen atoms in total. The van der Waals surface area contributed by atoms with E-state index in [-0.39, 0.29) is 5.97 Å². The summed E-state index contributed by atoms with van der Waals surface area (Å²) in [5.74, 6) is 0.792. The molecule has 0 unspecified atom stereocenters. The molecule has 0 atom stereocenters. The molecule has 0 bridgehead atoms. The van der Waals surface area contributed by atoms with Crippen molar-refractivity contribution in [3.8, 4) is 11.5 Å². The molecule has 0 aliphatic heterocycles. The Labute approximate surface area is 130 Å². The highest BCUT2D eigenvalue weighted by Gasteiger charge is 2.12. The van der Waals surface area contributed by atoms with Crippen molar-refractivity contribution in [2.75, 3.05) is 13.2 Å². The van der Waals surface area contributed by atoms with Crippen LogP contribution in [-0.4, -0.2) is 19.2 Å². The van der Waals surface area contributed by atoms with Gasteiger partial charge in [-0.05, 0) is 37.6 Å². The zero-order valence-electron chi connectivity index (χ0n) is 12.9. The van der Waals surface area contributed by atoms with Gasteiger partial charge in [0.15, 0.2) is 11.5 Å². The molecule has 4 heteroatoms. The number of esters is 1. The molecule has 0 N–H and O–H groups in total. The molecular weight excluding hydrogens is 280 g/mol. The maximum Gasteiger partial charge on any atom is 0.338 e. The zero-order valence-corrected chi connectivity index (χ0v) is 12.9. The summed E-state index contributed by atoms with van der Waals surface area (Å²) in [5.41, 5.74) is 1.52. The van der Waals surface area contributed by atoms with Crippen molar-refractivity contribution in [3.63, 3.8) is 0 Å². The largest absolute Gasteiger partial charge is 0.490 e. The highest BCUT2D eigenvalue weighted by molar-refractivity contribution is 5.90. The standard InChI is InChI=1S/C18H20O4/c1-3-20-17-12-15(18(19)21-4-2)10-11-16(17)22-13-14-8-6-5-7-9-14/h5-12H,3-4,13H2,1-2H3. The van der Waals surface area contributed by atoms with Gasteiger partial charge in [-0.2, -0.15) is 0 Å². The van der Waals surface area contributed by atoms with Crippen molar-refractivity contribution < 1.29 is 19.0 Å². The minimum atomic E-state index is -0.363. The summed E-state index contributed by atoms with van der Waals surface area (Å²) in [5, 5.41) is 0. The molecule has 0 amide bonds. The minimum Gasteiger partial charge on any atom is -0.490 e. The van der Waals surface area contributed by atoms with Crippen molar-refractivity contribution in [2.24, 2.45) is 0 Å². The Hall–Kier alpha value is -2.49. The minimum absolute atomic E-state index is 0.342. The van der Waals surface area contributed by atoms with E-state index in [0.717, 1.165) is 5.56 Å². The average Bonchev–Trinajstić information content (AvgIpc) is 2.55. The average molecular weight is 300 g/mol. The summed E-state index contributed by atoms with van der Waals surface area (Å²) >= 11 is 0. The highest BCUT2D eigenvalue weighted by Crippen LogP contribution is 2.29. The maximum atomic E-state index is 11.8. The Kier molecular flexibility index (Phi) is 5.83. The Morgan fingerprint density at radius 2 is 1.68 bits per heavy atom. The molecule has 2 aromatic carbocycles. The lowest BCUT2D eigenvalue weighted by Gasteiger charge is -2.13. The molecule has 0 fully saturated rings. The van der Waals surface area contributed by atoms with E-state index in [1.54, 1.807) is 25.1 Å². The van der Waals surface area contributed by atoms with E-state index >= 15 is 0 Å². The molecule has 0 heterocycles. The van der Waals surface area contributed by atoms with Crippen LogP contribution >= 0.6 is 0 Å². The predicted molar refractivity (Wildman–Crippen MR) is 84.3 cm³/mol. The number of rotatable bonds is 7. The lowest BCUT2D eigenvalue weighted by atomic mass is 10.2. The first-order chi connectivity index (χ1) is 10.7. The van der Waals surface area contributed by atoms with Gasteiger partial charge in [0.1, 0.15) is 6.61 Å². The van der Waals surface area contributed by atoms with Crippen LogP contribution in [0.25, 0.3) is 0 Å². The van der Waals surface area contributed by atoms with Crippen molar-refractivity contribution in [1.82, 2.24) is 0 Å². The van der Waals surface area contributed by atoms with Gasteiger partial charge in [-0.25, -0.2) is 4.79 Å². The SMILES string of the molecule is CCOC(=O)c1ccc(OCc2ccccc2)c(OCC)c1. The third kappa shape index (κ3) is 4.25. The third-order valence-corrected chi connectivity index (χ3v) is 2.99.